The first-order valence-electron chi connectivity index (χ1n) is 7.68. The molecule has 0 spiro atoms. The molecule has 0 bridgehead atoms. The Kier molecular flexibility index (Phi) is 4.52. The van der Waals surface area contributed by atoms with E-state index in [9.17, 15) is 0 Å². The van der Waals surface area contributed by atoms with Crippen LogP contribution in [0.15, 0.2) is 47.2 Å². The number of ether oxygens (including phenoxy) is 2. The van der Waals surface area contributed by atoms with Gasteiger partial charge in [-0.15, -0.1) is 0 Å². The normalized spacial score (nSPS) is 22.7. The maximum Gasteiger partial charge on any atom is 0.172 e. The van der Waals surface area contributed by atoms with Crippen molar-refractivity contribution in [3.05, 3.63) is 47.8 Å². The minimum absolute atomic E-state index is 0.243. The molecule has 1 aromatic rings. The Bertz CT molecular complexity index is 654. The summed E-state index contributed by atoms with van der Waals surface area (Å²) in [4.78, 5) is 4.27. The van der Waals surface area contributed by atoms with Gasteiger partial charge in [-0.05, 0) is 24.1 Å². The molecule has 0 amide bonds. The lowest BCUT2D eigenvalue weighted by atomic mass is 9.86. The SMILES string of the molecule is C=CCOc1cc(C2CCNC3=C2C=NC(N)N3)ccc1OC. The Labute approximate surface area is 136 Å². The van der Waals surface area contributed by atoms with E-state index in [1.807, 2.05) is 18.3 Å². The maximum absolute atomic E-state index is 5.81. The fourth-order valence-electron chi connectivity index (χ4n) is 2.93. The van der Waals surface area contributed by atoms with Crippen molar-refractivity contribution in [3.8, 4) is 11.5 Å². The molecule has 0 radical (unpaired) electrons. The van der Waals surface area contributed by atoms with E-state index in [0.717, 1.165) is 35.9 Å². The molecule has 0 aliphatic carbocycles. The molecule has 2 heterocycles. The van der Waals surface area contributed by atoms with Crippen LogP contribution in [0.5, 0.6) is 11.5 Å². The van der Waals surface area contributed by atoms with Gasteiger partial charge in [0.15, 0.2) is 17.8 Å². The second kappa shape index (κ2) is 6.75. The first-order chi connectivity index (χ1) is 11.2. The molecule has 1 aromatic carbocycles. The Morgan fingerprint density at radius 1 is 1.43 bits per heavy atom. The zero-order valence-corrected chi connectivity index (χ0v) is 13.2. The highest BCUT2D eigenvalue weighted by Gasteiger charge is 2.27. The number of benzene rings is 1. The Balaban J connectivity index is 1.93. The van der Waals surface area contributed by atoms with Gasteiger partial charge in [0.05, 0.1) is 7.11 Å². The molecule has 2 aliphatic heterocycles. The van der Waals surface area contributed by atoms with E-state index in [-0.39, 0.29) is 12.2 Å². The van der Waals surface area contributed by atoms with E-state index in [2.05, 4.69) is 28.3 Å². The van der Waals surface area contributed by atoms with Gasteiger partial charge < -0.3 is 20.1 Å². The van der Waals surface area contributed by atoms with Gasteiger partial charge in [0.1, 0.15) is 12.4 Å². The number of hydrogen-bond donors (Lipinski definition) is 3. The van der Waals surface area contributed by atoms with Crippen molar-refractivity contribution in [2.45, 2.75) is 18.6 Å². The molecule has 0 saturated heterocycles. The van der Waals surface area contributed by atoms with Crippen LogP contribution in [0.3, 0.4) is 0 Å². The molecule has 0 aromatic heterocycles. The number of nitrogens with zero attached hydrogens (tertiary/aromatic N) is 1. The summed E-state index contributed by atoms with van der Waals surface area (Å²) in [5.74, 6) is 2.65. The summed E-state index contributed by atoms with van der Waals surface area (Å²) in [7, 11) is 1.64. The molecule has 4 N–H and O–H groups in total. The number of methoxy groups -OCH3 is 1. The van der Waals surface area contributed by atoms with E-state index in [4.69, 9.17) is 15.2 Å². The molecule has 3 rings (SSSR count). The number of nitrogens with two attached hydrogens (primary N) is 1. The smallest absolute Gasteiger partial charge is 0.172 e. The summed E-state index contributed by atoms with van der Waals surface area (Å²) in [6.45, 7) is 5.01. The summed E-state index contributed by atoms with van der Waals surface area (Å²) in [6.07, 6.45) is 4.18. The summed E-state index contributed by atoms with van der Waals surface area (Å²) in [5.41, 5.74) is 8.11. The molecular weight excluding hydrogens is 292 g/mol. The lowest BCUT2D eigenvalue weighted by Gasteiger charge is -2.32. The van der Waals surface area contributed by atoms with E-state index in [0.29, 0.717) is 6.61 Å². The zero-order valence-electron chi connectivity index (χ0n) is 13.2. The highest BCUT2D eigenvalue weighted by Crippen LogP contribution is 2.36. The standard InChI is InChI=1S/C17H22N4O2/c1-3-8-23-15-9-11(4-5-14(15)22-2)12-6-7-19-16-13(12)10-20-17(18)21-16/h3-5,9-10,12,17,19,21H,1,6-8,18H2,2H3. The first-order valence-corrected chi connectivity index (χ1v) is 7.68. The minimum atomic E-state index is -0.387. The quantitative estimate of drug-likeness (QED) is 0.717. The first kappa shape index (κ1) is 15.4. The summed E-state index contributed by atoms with van der Waals surface area (Å²) in [6, 6.07) is 6.04. The van der Waals surface area contributed by atoms with Crippen molar-refractivity contribution in [1.29, 1.82) is 0 Å². The van der Waals surface area contributed by atoms with Crippen molar-refractivity contribution in [2.24, 2.45) is 10.7 Å². The largest absolute Gasteiger partial charge is 0.493 e. The Morgan fingerprint density at radius 2 is 2.30 bits per heavy atom. The number of aliphatic imine (C=N–C) groups is 1. The fourth-order valence-corrected chi connectivity index (χ4v) is 2.93. The van der Waals surface area contributed by atoms with Gasteiger partial charge in [0, 0.05) is 24.3 Å². The molecule has 23 heavy (non-hydrogen) atoms. The van der Waals surface area contributed by atoms with Gasteiger partial charge in [-0.1, -0.05) is 18.7 Å². The highest BCUT2D eigenvalue weighted by atomic mass is 16.5. The van der Waals surface area contributed by atoms with Crippen molar-refractivity contribution in [1.82, 2.24) is 10.6 Å². The van der Waals surface area contributed by atoms with Gasteiger partial charge in [-0.2, -0.15) is 0 Å². The molecule has 6 nitrogen and oxygen atoms in total. The van der Waals surface area contributed by atoms with Gasteiger partial charge in [-0.25, -0.2) is 0 Å². The fraction of sp³-hybridized carbons (Fsp3) is 0.353. The number of nitrogens with one attached hydrogen (secondary N) is 2. The lowest BCUT2D eigenvalue weighted by molar-refractivity contribution is 0.326. The molecule has 0 saturated carbocycles. The average molecular weight is 314 g/mol. The van der Waals surface area contributed by atoms with Gasteiger partial charge in [0.2, 0.25) is 0 Å². The second-order valence-electron chi connectivity index (χ2n) is 5.48. The third-order valence-electron chi connectivity index (χ3n) is 4.01. The average Bonchev–Trinajstić information content (AvgIpc) is 2.58. The van der Waals surface area contributed by atoms with Crippen molar-refractivity contribution >= 4 is 6.21 Å². The lowest BCUT2D eigenvalue weighted by Crippen LogP contribution is -2.46. The summed E-state index contributed by atoms with van der Waals surface area (Å²) in [5, 5.41) is 6.52. The van der Waals surface area contributed by atoms with E-state index in [1.54, 1.807) is 13.2 Å². The summed E-state index contributed by atoms with van der Waals surface area (Å²) < 4.78 is 11.1. The second-order valence-corrected chi connectivity index (χ2v) is 5.48. The Morgan fingerprint density at radius 3 is 3.09 bits per heavy atom. The van der Waals surface area contributed by atoms with Crippen LogP contribution >= 0.6 is 0 Å². The third-order valence-corrected chi connectivity index (χ3v) is 4.01. The number of allylic oxidation sites excluding steroid dienone is 1. The number of rotatable bonds is 5. The van der Waals surface area contributed by atoms with Crippen molar-refractivity contribution < 1.29 is 9.47 Å². The minimum Gasteiger partial charge on any atom is -0.493 e. The topological polar surface area (TPSA) is 80.9 Å². The van der Waals surface area contributed by atoms with Crippen LogP contribution in [0.1, 0.15) is 17.9 Å². The van der Waals surface area contributed by atoms with Crippen molar-refractivity contribution in [2.75, 3.05) is 20.3 Å². The van der Waals surface area contributed by atoms with E-state index >= 15 is 0 Å². The molecule has 6 heteroatoms. The number of hydrogen-bond acceptors (Lipinski definition) is 6. The monoisotopic (exact) mass is 314 g/mol. The molecule has 2 aliphatic rings. The molecule has 2 atom stereocenters. The summed E-state index contributed by atoms with van der Waals surface area (Å²) >= 11 is 0. The van der Waals surface area contributed by atoms with Crippen molar-refractivity contribution in [3.63, 3.8) is 0 Å². The van der Waals surface area contributed by atoms with Crippen LogP contribution in [-0.4, -0.2) is 32.8 Å². The van der Waals surface area contributed by atoms with Gasteiger partial charge >= 0.3 is 0 Å². The van der Waals surface area contributed by atoms with E-state index in [1.165, 1.54) is 5.56 Å². The zero-order chi connectivity index (χ0) is 16.2. The van der Waals surface area contributed by atoms with Gasteiger partial charge in [0.25, 0.3) is 0 Å². The molecule has 0 fully saturated rings. The molecule has 122 valence electrons. The van der Waals surface area contributed by atoms with Crippen LogP contribution in [0.2, 0.25) is 0 Å². The highest BCUT2D eigenvalue weighted by molar-refractivity contribution is 5.83. The van der Waals surface area contributed by atoms with Crippen LogP contribution in [0, 0.1) is 0 Å². The van der Waals surface area contributed by atoms with Crippen LogP contribution < -0.4 is 25.8 Å². The molecular formula is C17H22N4O2. The van der Waals surface area contributed by atoms with Crippen LogP contribution in [0.25, 0.3) is 0 Å². The predicted molar refractivity (Wildman–Crippen MR) is 90.7 cm³/mol. The van der Waals surface area contributed by atoms with E-state index < -0.39 is 0 Å². The molecule has 2 unspecified atom stereocenters. The predicted octanol–water partition coefficient (Wildman–Crippen LogP) is 1.46. The van der Waals surface area contributed by atoms with Gasteiger partial charge in [-0.3, -0.25) is 10.7 Å². The third kappa shape index (κ3) is 3.17. The Hall–Kier alpha value is -2.47. The van der Waals surface area contributed by atoms with Crippen LogP contribution in [-0.2, 0) is 0 Å². The maximum atomic E-state index is 5.81. The van der Waals surface area contributed by atoms with Crippen LogP contribution in [0.4, 0.5) is 0 Å².